The van der Waals surface area contributed by atoms with Crippen molar-refractivity contribution >= 4 is 5.97 Å². The summed E-state index contributed by atoms with van der Waals surface area (Å²) in [5.41, 5.74) is -0.263. The van der Waals surface area contributed by atoms with Crippen molar-refractivity contribution in [3.8, 4) is 11.5 Å². The summed E-state index contributed by atoms with van der Waals surface area (Å²) in [5, 5.41) is 11.5. The summed E-state index contributed by atoms with van der Waals surface area (Å²) in [5.74, 6) is 0.667. The third-order valence-corrected chi connectivity index (χ3v) is 7.77. The third kappa shape index (κ3) is 6.75. The van der Waals surface area contributed by atoms with E-state index in [2.05, 4.69) is 4.98 Å². The van der Waals surface area contributed by atoms with E-state index in [4.69, 9.17) is 28.4 Å². The molecular weight excluding hydrogens is 596 g/mol. The van der Waals surface area contributed by atoms with Gasteiger partial charge >= 0.3 is 11.7 Å². The second kappa shape index (κ2) is 14.6. The van der Waals surface area contributed by atoms with Crippen LogP contribution in [0, 0.1) is 0 Å². The van der Waals surface area contributed by atoms with Gasteiger partial charge in [0.2, 0.25) is 0 Å². The number of hydrogen-bond donors (Lipinski definition) is 2. The van der Waals surface area contributed by atoms with Crippen LogP contribution in [0.3, 0.4) is 0 Å². The average Bonchev–Trinajstić information content (AvgIpc) is 3.39. The van der Waals surface area contributed by atoms with Gasteiger partial charge < -0.3 is 33.5 Å². The number of aliphatic hydroxyl groups excluding tert-OH is 1. The van der Waals surface area contributed by atoms with Gasteiger partial charge in [-0.25, -0.2) is 9.59 Å². The molecule has 1 aromatic heterocycles. The number of hydrogen-bond acceptors (Lipinski definition) is 10. The monoisotopic (exact) mass is 632 g/mol. The second-order valence-corrected chi connectivity index (χ2v) is 10.5. The van der Waals surface area contributed by atoms with E-state index < -0.39 is 54.0 Å². The van der Waals surface area contributed by atoms with E-state index in [1.54, 1.807) is 21.1 Å². The van der Waals surface area contributed by atoms with Crippen molar-refractivity contribution in [2.45, 2.75) is 37.1 Å². The van der Waals surface area contributed by atoms with Gasteiger partial charge in [0.25, 0.3) is 5.56 Å². The molecule has 5 rings (SSSR count). The second-order valence-electron chi connectivity index (χ2n) is 10.5. The maximum Gasteiger partial charge on any atom is 0.332 e. The predicted molar refractivity (Wildman–Crippen MR) is 166 cm³/mol. The van der Waals surface area contributed by atoms with Crippen molar-refractivity contribution in [2.24, 2.45) is 0 Å². The van der Waals surface area contributed by atoms with Crippen molar-refractivity contribution < 1.29 is 38.3 Å². The fourth-order valence-corrected chi connectivity index (χ4v) is 5.54. The van der Waals surface area contributed by atoms with E-state index in [0.29, 0.717) is 11.5 Å². The number of H-pyrrole nitrogens is 1. The Morgan fingerprint density at radius 3 is 2.02 bits per heavy atom. The molecule has 1 aliphatic heterocycles. The van der Waals surface area contributed by atoms with Crippen molar-refractivity contribution in [3.63, 3.8) is 0 Å². The largest absolute Gasteiger partial charge is 0.497 e. The lowest BCUT2D eigenvalue weighted by Crippen LogP contribution is -2.41. The molecule has 2 heterocycles. The van der Waals surface area contributed by atoms with E-state index in [1.165, 1.54) is 6.20 Å². The number of methoxy groups -OCH3 is 2. The molecule has 12 nitrogen and oxygen atoms in total. The van der Waals surface area contributed by atoms with Gasteiger partial charge in [-0.2, -0.15) is 0 Å². The number of aromatic nitrogens is 2. The van der Waals surface area contributed by atoms with Crippen molar-refractivity contribution in [3.05, 3.63) is 129 Å². The average molecular weight is 633 g/mol. The SMILES string of the molecule is CCOC(=O)COC1C(O)[C@H](COC(c2ccccc2)(c2ccc(OC)cc2)c2ccc(OC)cc2)O[C@@H]1n1ccc(=O)[nH]c1=O. The molecule has 46 heavy (non-hydrogen) atoms. The van der Waals surface area contributed by atoms with Crippen molar-refractivity contribution in [1.29, 1.82) is 0 Å². The molecule has 12 heteroatoms. The maximum atomic E-state index is 12.8. The van der Waals surface area contributed by atoms with Gasteiger partial charge in [0.05, 0.1) is 27.4 Å². The molecule has 1 fully saturated rings. The van der Waals surface area contributed by atoms with Crippen LogP contribution in [0.25, 0.3) is 0 Å². The summed E-state index contributed by atoms with van der Waals surface area (Å²) >= 11 is 0. The highest BCUT2D eigenvalue weighted by atomic mass is 16.6. The first-order valence-electron chi connectivity index (χ1n) is 14.7. The summed E-state index contributed by atoms with van der Waals surface area (Å²) in [6.07, 6.45) is -3.52. The minimum atomic E-state index is -1.35. The first kappa shape index (κ1) is 32.6. The molecule has 0 amide bonds. The molecular formula is C34H36N2O10. The number of ether oxygens (including phenoxy) is 6. The topological polar surface area (TPSA) is 148 Å². The number of aromatic amines is 1. The first-order valence-corrected chi connectivity index (χ1v) is 14.7. The van der Waals surface area contributed by atoms with Gasteiger partial charge in [-0.05, 0) is 47.9 Å². The van der Waals surface area contributed by atoms with Crippen LogP contribution in [0.15, 0.2) is 101 Å². The van der Waals surface area contributed by atoms with Gasteiger partial charge in [0, 0.05) is 12.3 Å². The van der Waals surface area contributed by atoms with E-state index in [9.17, 15) is 19.5 Å². The summed E-state index contributed by atoms with van der Waals surface area (Å²) in [6, 6.07) is 25.7. The summed E-state index contributed by atoms with van der Waals surface area (Å²) in [6.45, 7) is 1.13. The van der Waals surface area contributed by atoms with Crippen LogP contribution in [0.2, 0.25) is 0 Å². The molecule has 2 unspecified atom stereocenters. The Morgan fingerprint density at radius 2 is 1.48 bits per heavy atom. The summed E-state index contributed by atoms with van der Waals surface area (Å²) in [4.78, 5) is 38.8. The van der Waals surface area contributed by atoms with E-state index in [0.717, 1.165) is 27.3 Å². The fraction of sp³-hybridized carbons (Fsp3) is 0.324. The molecule has 1 aliphatic rings. The number of carbonyl (C=O) groups excluding carboxylic acids is 1. The van der Waals surface area contributed by atoms with Crippen LogP contribution >= 0.6 is 0 Å². The van der Waals surface area contributed by atoms with E-state index in [-0.39, 0.29) is 13.2 Å². The molecule has 0 bridgehead atoms. The number of esters is 1. The van der Waals surface area contributed by atoms with Gasteiger partial charge in [-0.3, -0.25) is 14.3 Å². The van der Waals surface area contributed by atoms with Crippen LogP contribution in [0.1, 0.15) is 29.8 Å². The first-order chi connectivity index (χ1) is 22.3. The van der Waals surface area contributed by atoms with Gasteiger partial charge in [-0.1, -0.05) is 54.6 Å². The van der Waals surface area contributed by atoms with Crippen LogP contribution in [-0.4, -0.2) is 73.0 Å². The van der Waals surface area contributed by atoms with Crippen LogP contribution < -0.4 is 20.7 Å². The van der Waals surface area contributed by atoms with Crippen molar-refractivity contribution in [2.75, 3.05) is 34.0 Å². The quantitative estimate of drug-likeness (QED) is 0.167. The molecule has 0 radical (unpaired) electrons. The molecule has 4 aromatic rings. The Hall–Kier alpha value is -4.75. The number of benzene rings is 3. The molecule has 2 N–H and O–H groups in total. The zero-order valence-electron chi connectivity index (χ0n) is 25.7. The Kier molecular flexibility index (Phi) is 10.3. The Labute approximate surface area is 265 Å². The Balaban J connectivity index is 1.55. The Morgan fingerprint density at radius 1 is 0.891 bits per heavy atom. The van der Waals surface area contributed by atoms with Crippen LogP contribution in [0.4, 0.5) is 0 Å². The lowest BCUT2D eigenvalue weighted by Gasteiger charge is -2.37. The highest BCUT2D eigenvalue weighted by molar-refractivity contribution is 5.70. The highest BCUT2D eigenvalue weighted by Crippen LogP contribution is 2.43. The number of rotatable bonds is 13. The Bertz CT molecular complexity index is 1660. The molecule has 3 aromatic carbocycles. The number of carbonyl (C=O) groups is 1. The normalized spacial score (nSPS) is 19.5. The highest BCUT2D eigenvalue weighted by Gasteiger charge is 2.48. The molecule has 242 valence electrons. The van der Waals surface area contributed by atoms with E-state index in [1.807, 2.05) is 78.9 Å². The molecule has 4 atom stereocenters. The smallest absolute Gasteiger partial charge is 0.332 e. The van der Waals surface area contributed by atoms with Gasteiger partial charge in [-0.15, -0.1) is 0 Å². The zero-order chi connectivity index (χ0) is 32.7. The van der Waals surface area contributed by atoms with Crippen LogP contribution in [-0.2, 0) is 29.3 Å². The van der Waals surface area contributed by atoms with Crippen molar-refractivity contribution in [1.82, 2.24) is 9.55 Å². The van der Waals surface area contributed by atoms with Gasteiger partial charge in [0.15, 0.2) is 6.23 Å². The van der Waals surface area contributed by atoms with Crippen LogP contribution in [0.5, 0.6) is 11.5 Å². The summed E-state index contributed by atoms with van der Waals surface area (Å²) < 4.78 is 35.7. The minimum Gasteiger partial charge on any atom is -0.497 e. The molecule has 0 saturated carbocycles. The standard InChI is InChI=1S/C34H36N2O10/c1-4-43-29(38)21-44-31-30(39)27(46-32(31)36-19-18-28(37)35-33(36)40)20-45-34(22-8-6-5-7-9-22,23-10-14-25(41-2)15-11-23)24-12-16-26(42-3)17-13-24/h5-19,27,30-32,39H,4,20-21H2,1-3H3,(H,35,37,40)/t27-,30?,31?,32-/m0/s1. The fourth-order valence-electron chi connectivity index (χ4n) is 5.54. The molecule has 1 saturated heterocycles. The minimum absolute atomic E-state index is 0.142. The summed E-state index contributed by atoms with van der Waals surface area (Å²) in [7, 11) is 3.17. The molecule has 0 aliphatic carbocycles. The number of nitrogens with one attached hydrogen (secondary N) is 1. The molecule has 0 spiro atoms. The number of aliphatic hydroxyl groups is 1. The number of nitrogens with zero attached hydrogens (tertiary/aromatic N) is 1. The lowest BCUT2D eigenvalue weighted by atomic mass is 9.80. The lowest BCUT2D eigenvalue weighted by molar-refractivity contribution is -0.155. The van der Waals surface area contributed by atoms with Gasteiger partial charge in [0.1, 0.15) is 42.0 Å². The van der Waals surface area contributed by atoms with E-state index >= 15 is 0 Å². The maximum absolute atomic E-state index is 12.8. The predicted octanol–water partition coefficient (Wildman–Crippen LogP) is 2.77. The zero-order valence-corrected chi connectivity index (χ0v) is 25.7. The third-order valence-electron chi connectivity index (χ3n) is 7.77.